The summed E-state index contributed by atoms with van der Waals surface area (Å²) < 4.78 is 16.8. The lowest BCUT2D eigenvalue weighted by atomic mass is 9.75. The third-order valence-electron chi connectivity index (χ3n) is 6.37. The van der Waals surface area contributed by atoms with Crippen LogP contribution in [0.4, 0.5) is 9.59 Å². The van der Waals surface area contributed by atoms with Gasteiger partial charge in [0, 0.05) is 5.92 Å². The van der Waals surface area contributed by atoms with E-state index < -0.39 is 35.7 Å². The average Bonchev–Trinajstić information content (AvgIpc) is 3.60. The highest BCUT2D eigenvalue weighted by molar-refractivity contribution is 6.28. The molecule has 0 bridgehead atoms. The number of carbonyl (C=O) groups is 4. The van der Waals surface area contributed by atoms with Crippen molar-refractivity contribution in [3.63, 3.8) is 0 Å². The van der Waals surface area contributed by atoms with Crippen molar-refractivity contribution < 1.29 is 33.4 Å². The minimum Gasteiger partial charge on any atom is -0.449 e. The zero-order chi connectivity index (χ0) is 25.3. The van der Waals surface area contributed by atoms with Crippen molar-refractivity contribution in [2.24, 2.45) is 5.92 Å². The summed E-state index contributed by atoms with van der Waals surface area (Å²) in [6, 6.07) is 10.3. The Kier molecular flexibility index (Phi) is 10.2. The highest BCUT2D eigenvalue weighted by atomic mass is 35.5. The molecule has 1 aromatic carbocycles. The Labute approximate surface area is 214 Å². The summed E-state index contributed by atoms with van der Waals surface area (Å²) in [4.78, 5) is 46.6. The Balaban J connectivity index is 1.54. The van der Waals surface area contributed by atoms with E-state index in [1.54, 1.807) is 0 Å². The molecule has 1 aromatic rings. The van der Waals surface area contributed by atoms with Crippen molar-refractivity contribution in [3.8, 4) is 0 Å². The molecule has 4 amide bonds. The van der Waals surface area contributed by atoms with Crippen LogP contribution in [0.15, 0.2) is 30.3 Å². The molecule has 2 unspecified atom stereocenters. The molecule has 9 nitrogen and oxygen atoms in total. The topological polar surface area (TPSA) is 123 Å². The molecule has 192 valence electrons. The second kappa shape index (κ2) is 13.1. The molecule has 0 aromatic heterocycles. The maximum atomic E-state index is 12.0. The molecule has 35 heavy (non-hydrogen) atoms. The summed E-state index contributed by atoms with van der Waals surface area (Å²) in [6.45, 7) is 0.0611. The second-order valence-corrected chi connectivity index (χ2v) is 9.25. The Morgan fingerprint density at radius 1 is 0.943 bits per heavy atom. The van der Waals surface area contributed by atoms with Crippen molar-refractivity contribution >= 4 is 47.2 Å². The molecule has 1 saturated heterocycles. The highest BCUT2D eigenvalue weighted by Crippen LogP contribution is 2.55. The van der Waals surface area contributed by atoms with Crippen LogP contribution >= 0.6 is 23.2 Å². The zero-order valence-electron chi connectivity index (χ0n) is 19.3. The SMILES string of the molecule is O=C(CCl)NC(=O)OC[C@@H]1CC[C@H](OC(=O)NC(=O)CCl)C2OC21CCCCCc1ccccc1. The minimum absolute atomic E-state index is 0.0611. The van der Waals surface area contributed by atoms with Crippen LogP contribution in [0, 0.1) is 5.92 Å². The minimum atomic E-state index is -0.860. The molecule has 1 heterocycles. The standard InChI is InChI=1S/C24H30Cl2N2O7/c25-13-19(29)27-22(31)33-15-17-10-11-18(34-23(32)28-20(30)14-26)21-24(17,35-21)12-6-2-5-9-16-7-3-1-4-8-16/h1,3-4,7-8,17-18,21H,2,5-6,9-15H2,(H,27,29,31)(H,28,30,32)/t17-,18-,21?,24?/m0/s1. The molecule has 1 aliphatic heterocycles. The third-order valence-corrected chi connectivity index (χ3v) is 6.86. The summed E-state index contributed by atoms with van der Waals surface area (Å²) in [5.41, 5.74) is 0.696. The van der Waals surface area contributed by atoms with Gasteiger partial charge in [-0.3, -0.25) is 20.2 Å². The number of nitrogens with one attached hydrogen (secondary N) is 2. The monoisotopic (exact) mass is 528 g/mol. The summed E-state index contributed by atoms with van der Waals surface area (Å²) in [5.74, 6) is -2.09. The summed E-state index contributed by atoms with van der Waals surface area (Å²) in [7, 11) is 0. The van der Waals surface area contributed by atoms with Crippen LogP contribution in [0.25, 0.3) is 0 Å². The number of carbonyl (C=O) groups excluding carboxylic acids is 4. The number of hydrogen-bond acceptors (Lipinski definition) is 7. The summed E-state index contributed by atoms with van der Waals surface area (Å²) in [6.07, 6.45) is 3.07. The summed E-state index contributed by atoms with van der Waals surface area (Å²) >= 11 is 10.8. The number of unbranched alkanes of at least 4 members (excludes halogenated alkanes) is 2. The summed E-state index contributed by atoms with van der Waals surface area (Å²) in [5, 5.41) is 4.12. The number of imide groups is 2. The van der Waals surface area contributed by atoms with E-state index in [0.29, 0.717) is 19.3 Å². The number of halogens is 2. The van der Waals surface area contributed by atoms with E-state index in [1.807, 2.05) is 18.2 Å². The smallest absolute Gasteiger partial charge is 0.414 e. The first-order valence-corrected chi connectivity index (χ1v) is 12.8. The fourth-order valence-electron chi connectivity index (χ4n) is 4.66. The predicted octanol–water partition coefficient (Wildman–Crippen LogP) is 3.69. The van der Waals surface area contributed by atoms with E-state index in [9.17, 15) is 19.2 Å². The molecular weight excluding hydrogens is 499 g/mol. The first-order chi connectivity index (χ1) is 16.9. The van der Waals surface area contributed by atoms with Gasteiger partial charge in [-0.05, 0) is 37.7 Å². The van der Waals surface area contributed by atoms with Gasteiger partial charge in [0.2, 0.25) is 11.8 Å². The first-order valence-electron chi connectivity index (χ1n) is 11.7. The second-order valence-electron chi connectivity index (χ2n) is 8.72. The number of amides is 4. The van der Waals surface area contributed by atoms with E-state index >= 15 is 0 Å². The quantitative estimate of drug-likeness (QED) is 0.255. The fraction of sp³-hybridized carbons (Fsp3) is 0.583. The van der Waals surface area contributed by atoms with Crippen LogP contribution < -0.4 is 10.6 Å². The van der Waals surface area contributed by atoms with Gasteiger partial charge in [-0.1, -0.05) is 43.2 Å². The van der Waals surface area contributed by atoms with Crippen LogP contribution in [0.3, 0.4) is 0 Å². The largest absolute Gasteiger partial charge is 0.449 e. The van der Waals surface area contributed by atoms with Crippen molar-refractivity contribution in [2.45, 2.75) is 62.8 Å². The number of epoxide rings is 1. The maximum absolute atomic E-state index is 12.0. The number of rotatable bonds is 11. The Bertz CT molecular complexity index is 901. The van der Waals surface area contributed by atoms with E-state index in [1.165, 1.54) is 5.56 Å². The lowest BCUT2D eigenvalue weighted by Gasteiger charge is -2.31. The molecule has 11 heteroatoms. The van der Waals surface area contributed by atoms with Crippen LogP contribution in [0.5, 0.6) is 0 Å². The Morgan fingerprint density at radius 3 is 2.31 bits per heavy atom. The number of aryl methyl sites for hydroxylation is 1. The van der Waals surface area contributed by atoms with Gasteiger partial charge in [-0.15, -0.1) is 23.2 Å². The normalized spacial score (nSPS) is 24.6. The molecule has 4 atom stereocenters. The fourth-order valence-corrected chi connectivity index (χ4v) is 4.79. The van der Waals surface area contributed by atoms with Crippen LogP contribution in [-0.4, -0.2) is 60.2 Å². The maximum Gasteiger partial charge on any atom is 0.414 e. The Morgan fingerprint density at radius 2 is 1.63 bits per heavy atom. The number of hydrogen-bond donors (Lipinski definition) is 2. The van der Waals surface area contributed by atoms with Gasteiger partial charge in [-0.2, -0.15) is 0 Å². The van der Waals surface area contributed by atoms with E-state index in [4.69, 9.17) is 37.4 Å². The number of benzene rings is 1. The van der Waals surface area contributed by atoms with Gasteiger partial charge in [0.05, 0.1) is 6.61 Å². The molecule has 2 N–H and O–H groups in total. The third kappa shape index (κ3) is 7.81. The molecule has 1 saturated carbocycles. The Hall–Kier alpha value is -2.36. The van der Waals surface area contributed by atoms with Gasteiger partial charge in [0.1, 0.15) is 29.6 Å². The van der Waals surface area contributed by atoms with Gasteiger partial charge in [0.15, 0.2) is 0 Å². The van der Waals surface area contributed by atoms with E-state index in [-0.39, 0.29) is 30.4 Å². The van der Waals surface area contributed by atoms with Crippen molar-refractivity contribution in [1.82, 2.24) is 10.6 Å². The first kappa shape index (κ1) is 27.2. The van der Waals surface area contributed by atoms with E-state index in [0.717, 1.165) is 25.7 Å². The zero-order valence-corrected chi connectivity index (χ0v) is 20.8. The number of fused-ring (bicyclic) bond motifs is 1. The van der Waals surface area contributed by atoms with E-state index in [2.05, 4.69) is 22.8 Å². The molecule has 2 aliphatic rings. The highest BCUT2D eigenvalue weighted by Gasteiger charge is 2.67. The lowest BCUT2D eigenvalue weighted by molar-refractivity contribution is -0.119. The molecule has 1 aliphatic carbocycles. The van der Waals surface area contributed by atoms with Crippen molar-refractivity contribution in [1.29, 1.82) is 0 Å². The average molecular weight is 529 g/mol. The van der Waals surface area contributed by atoms with Gasteiger partial charge >= 0.3 is 12.2 Å². The number of alkyl carbamates (subject to hydrolysis) is 2. The molecule has 0 radical (unpaired) electrons. The predicted molar refractivity (Wildman–Crippen MR) is 128 cm³/mol. The van der Waals surface area contributed by atoms with Gasteiger partial charge in [0.25, 0.3) is 0 Å². The lowest BCUT2D eigenvalue weighted by Crippen LogP contribution is -2.44. The van der Waals surface area contributed by atoms with Crippen LogP contribution in [0.2, 0.25) is 0 Å². The number of alkyl halides is 2. The molecule has 3 rings (SSSR count). The molecular formula is C24H30Cl2N2O7. The number of ether oxygens (including phenoxy) is 3. The molecule has 2 fully saturated rings. The van der Waals surface area contributed by atoms with Gasteiger partial charge < -0.3 is 14.2 Å². The molecule has 0 spiro atoms. The van der Waals surface area contributed by atoms with Gasteiger partial charge in [-0.25, -0.2) is 9.59 Å². The van der Waals surface area contributed by atoms with Crippen LogP contribution in [0.1, 0.15) is 44.1 Å². The van der Waals surface area contributed by atoms with Crippen molar-refractivity contribution in [3.05, 3.63) is 35.9 Å². The van der Waals surface area contributed by atoms with Crippen molar-refractivity contribution in [2.75, 3.05) is 18.4 Å². The van der Waals surface area contributed by atoms with Crippen LogP contribution in [-0.2, 0) is 30.2 Å².